The number of carbonyl (C=O) groups excluding carboxylic acids is 1. The van der Waals surface area contributed by atoms with Gasteiger partial charge in [-0.3, -0.25) is 0 Å². The zero-order valence-electron chi connectivity index (χ0n) is 16.4. The first-order valence-corrected chi connectivity index (χ1v) is 11.3. The van der Waals surface area contributed by atoms with Crippen LogP contribution in [0.3, 0.4) is 0 Å². The number of benzene rings is 3. The molecule has 0 spiro atoms. The monoisotopic (exact) mass is 559 g/mol. The molecule has 4 nitrogen and oxygen atoms in total. The molecule has 0 N–H and O–H groups in total. The fraction of sp³-hybridized carbons (Fsp3) is 0.0833. The molecule has 0 atom stereocenters. The summed E-state index contributed by atoms with van der Waals surface area (Å²) in [7, 11) is 0. The van der Waals surface area contributed by atoms with Crippen LogP contribution in [0, 0.1) is 6.92 Å². The summed E-state index contributed by atoms with van der Waals surface area (Å²) in [6.45, 7) is 2.32. The van der Waals surface area contributed by atoms with Crippen molar-refractivity contribution in [3.8, 4) is 5.75 Å². The Bertz CT molecular complexity index is 1200. The van der Waals surface area contributed by atoms with E-state index in [1.165, 1.54) is 0 Å². The number of esters is 1. The molecule has 156 valence electrons. The number of rotatable bonds is 5. The van der Waals surface area contributed by atoms with Crippen molar-refractivity contribution in [1.29, 1.82) is 0 Å². The van der Waals surface area contributed by atoms with Crippen LogP contribution in [0.1, 0.15) is 22.3 Å². The predicted molar refractivity (Wildman–Crippen MR) is 129 cm³/mol. The van der Waals surface area contributed by atoms with E-state index in [2.05, 4.69) is 36.9 Å². The first kappa shape index (κ1) is 21.8. The Labute approximate surface area is 201 Å². The van der Waals surface area contributed by atoms with Gasteiger partial charge in [-0.2, -0.15) is 0 Å². The number of hydrogen-bond donors (Lipinski definition) is 0. The molecule has 1 heterocycles. The molecule has 0 aromatic heterocycles. The second kappa shape index (κ2) is 9.39. The topological polar surface area (TPSA) is 47.9 Å². The molecular formula is C24H16Br2ClNO3. The molecule has 0 aliphatic carbocycles. The molecule has 0 amide bonds. The Kier molecular flexibility index (Phi) is 6.60. The summed E-state index contributed by atoms with van der Waals surface area (Å²) in [6, 6.07) is 18.9. The van der Waals surface area contributed by atoms with Crippen LogP contribution >= 0.6 is 43.5 Å². The van der Waals surface area contributed by atoms with Crippen LogP contribution < -0.4 is 4.74 Å². The van der Waals surface area contributed by atoms with Crippen molar-refractivity contribution in [2.24, 2.45) is 4.99 Å². The van der Waals surface area contributed by atoms with Crippen LogP contribution in [-0.4, -0.2) is 11.9 Å². The predicted octanol–water partition coefficient (Wildman–Crippen LogP) is 7.10. The van der Waals surface area contributed by atoms with Crippen molar-refractivity contribution in [2.75, 3.05) is 0 Å². The Balaban J connectivity index is 1.56. The summed E-state index contributed by atoms with van der Waals surface area (Å²) >= 11 is 13.3. The molecule has 0 fully saturated rings. The van der Waals surface area contributed by atoms with E-state index in [1.807, 2.05) is 67.6 Å². The van der Waals surface area contributed by atoms with Gasteiger partial charge in [0.25, 0.3) is 0 Å². The Morgan fingerprint density at radius 3 is 2.42 bits per heavy atom. The number of hydrogen-bond acceptors (Lipinski definition) is 4. The number of halogens is 3. The average Bonchev–Trinajstić information content (AvgIpc) is 3.09. The molecule has 0 unspecified atom stereocenters. The second-order valence-corrected chi connectivity index (χ2v) is 9.01. The molecule has 0 bridgehead atoms. The fourth-order valence-electron chi connectivity index (χ4n) is 2.95. The van der Waals surface area contributed by atoms with E-state index in [-0.39, 0.29) is 5.70 Å². The van der Waals surface area contributed by atoms with Gasteiger partial charge in [0.15, 0.2) is 5.70 Å². The molecular weight excluding hydrogens is 546 g/mol. The third-order valence-electron chi connectivity index (χ3n) is 4.57. The molecule has 3 aromatic carbocycles. The summed E-state index contributed by atoms with van der Waals surface area (Å²) in [5.74, 6) is 0.454. The molecule has 7 heteroatoms. The summed E-state index contributed by atoms with van der Waals surface area (Å²) in [5.41, 5.74) is 3.77. The summed E-state index contributed by atoms with van der Waals surface area (Å²) in [5, 5.41) is 0.651. The number of aliphatic imine (C=N–C) groups is 1. The van der Waals surface area contributed by atoms with Crippen molar-refractivity contribution in [3.05, 3.63) is 103 Å². The zero-order chi connectivity index (χ0) is 22.0. The molecule has 4 rings (SSSR count). The average molecular weight is 562 g/mol. The molecule has 0 radical (unpaired) electrons. The number of carbonyl (C=O) groups is 1. The van der Waals surface area contributed by atoms with Gasteiger partial charge in [-0.25, -0.2) is 9.79 Å². The van der Waals surface area contributed by atoms with Crippen molar-refractivity contribution >= 4 is 61.4 Å². The van der Waals surface area contributed by atoms with Gasteiger partial charge in [0, 0.05) is 16.1 Å². The minimum atomic E-state index is -0.484. The third-order valence-corrected chi connectivity index (χ3v) is 6.12. The number of nitrogens with zero attached hydrogens (tertiary/aromatic N) is 1. The van der Waals surface area contributed by atoms with Crippen LogP contribution in [0.5, 0.6) is 5.75 Å². The van der Waals surface area contributed by atoms with Gasteiger partial charge in [0.1, 0.15) is 12.4 Å². The number of aryl methyl sites for hydroxylation is 1. The number of cyclic esters (lactones) is 1. The van der Waals surface area contributed by atoms with Crippen LogP contribution in [0.4, 0.5) is 0 Å². The Morgan fingerprint density at radius 1 is 1.06 bits per heavy atom. The minimum absolute atomic E-state index is 0.235. The van der Waals surface area contributed by atoms with Gasteiger partial charge < -0.3 is 9.47 Å². The van der Waals surface area contributed by atoms with E-state index in [1.54, 1.807) is 6.08 Å². The maximum Gasteiger partial charge on any atom is 0.363 e. The summed E-state index contributed by atoms with van der Waals surface area (Å²) in [4.78, 5) is 16.7. The quantitative estimate of drug-likeness (QED) is 0.247. The normalized spacial score (nSPS) is 14.5. The smallest absolute Gasteiger partial charge is 0.363 e. The van der Waals surface area contributed by atoms with E-state index in [0.29, 0.717) is 23.3 Å². The van der Waals surface area contributed by atoms with E-state index in [4.69, 9.17) is 21.1 Å². The highest BCUT2D eigenvalue weighted by Crippen LogP contribution is 2.36. The van der Waals surface area contributed by atoms with Crippen LogP contribution in [0.15, 0.2) is 80.3 Å². The van der Waals surface area contributed by atoms with Crippen LogP contribution in [-0.2, 0) is 16.1 Å². The maximum absolute atomic E-state index is 12.3. The van der Waals surface area contributed by atoms with E-state index < -0.39 is 5.97 Å². The van der Waals surface area contributed by atoms with E-state index in [9.17, 15) is 4.79 Å². The molecule has 0 saturated heterocycles. The first-order valence-electron chi connectivity index (χ1n) is 9.35. The SMILES string of the molecule is Cc1ccc(C2=N/C(=C\c3cc(Br)c(OCc4ccccc4Cl)c(Br)c3)C(=O)O2)cc1. The maximum atomic E-state index is 12.3. The molecule has 1 aliphatic heterocycles. The zero-order valence-corrected chi connectivity index (χ0v) is 20.3. The first-order chi connectivity index (χ1) is 14.9. The van der Waals surface area contributed by atoms with E-state index in [0.717, 1.165) is 31.2 Å². The third kappa shape index (κ3) is 5.09. The largest absolute Gasteiger partial charge is 0.486 e. The van der Waals surface area contributed by atoms with Crippen molar-refractivity contribution < 1.29 is 14.3 Å². The highest BCUT2D eigenvalue weighted by atomic mass is 79.9. The lowest BCUT2D eigenvalue weighted by molar-refractivity contribution is -0.129. The molecule has 1 aliphatic rings. The van der Waals surface area contributed by atoms with Gasteiger partial charge in [0.2, 0.25) is 5.90 Å². The lowest BCUT2D eigenvalue weighted by atomic mass is 10.1. The number of ether oxygens (including phenoxy) is 2. The van der Waals surface area contributed by atoms with Gasteiger partial charge in [-0.1, -0.05) is 47.5 Å². The fourth-order valence-corrected chi connectivity index (χ4v) is 4.59. The highest BCUT2D eigenvalue weighted by Gasteiger charge is 2.24. The van der Waals surface area contributed by atoms with Crippen LogP contribution in [0.2, 0.25) is 5.02 Å². The van der Waals surface area contributed by atoms with Crippen molar-refractivity contribution in [3.63, 3.8) is 0 Å². The highest BCUT2D eigenvalue weighted by molar-refractivity contribution is 9.11. The van der Waals surface area contributed by atoms with Crippen molar-refractivity contribution in [1.82, 2.24) is 0 Å². The lowest BCUT2D eigenvalue weighted by Gasteiger charge is -2.12. The Morgan fingerprint density at radius 2 is 1.74 bits per heavy atom. The van der Waals surface area contributed by atoms with E-state index >= 15 is 0 Å². The van der Waals surface area contributed by atoms with Crippen LogP contribution in [0.25, 0.3) is 6.08 Å². The van der Waals surface area contributed by atoms with Gasteiger partial charge >= 0.3 is 5.97 Å². The summed E-state index contributed by atoms with van der Waals surface area (Å²) < 4.78 is 12.7. The second-order valence-electron chi connectivity index (χ2n) is 6.90. The van der Waals surface area contributed by atoms with Gasteiger partial charge in [0.05, 0.1) is 8.95 Å². The minimum Gasteiger partial charge on any atom is -0.486 e. The Hall–Kier alpha value is -2.41. The van der Waals surface area contributed by atoms with Gasteiger partial charge in [-0.15, -0.1) is 0 Å². The summed E-state index contributed by atoms with van der Waals surface area (Å²) in [6.07, 6.45) is 1.68. The molecule has 31 heavy (non-hydrogen) atoms. The van der Waals surface area contributed by atoms with Gasteiger partial charge in [-0.05, 0) is 80.8 Å². The lowest BCUT2D eigenvalue weighted by Crippen LogP contribution is -2.05. The standard InChI is InChI=1S/C24H16Br2ClNO3/c1-14-6-8-16(9-7-14)23-28-21(24(29)31-23)12-15-10-18(25)22(19(26)11-15)30-13-17-4-2-3-5-20(17)27/h2-12H,13H2,1H3/b21-12-. The molecule has 0 saturated carbocycles. The van der Waals surface area contributed by atoms with Crippen molar-refractivity contribution in [2.45, 2.75) is 13.5 Å². The molecule has 3 aromatic rings.